The lowest BCUT2D eigenvalue weighted by Gasteiger charge is -2.11. The second-order valence-electron chi connectivity index (χ2n) is 5.07. The van der Waals surface area contributed by atoms with Crippen LogP contribution >= 0.6 is 31.9 Å². The number of aromatic nitrogens is 2. The van der Waals surface area contributed by atoms with Gasteiger partial charge in [-0.2, -0.15) is 0 Å². The number of nitrogens with zero attached hydrogens (tertiary/aromatic N) is 2. The van der Waals surface area contributed by atoms with Crippen LogP contribution in [0.3, 0.4) is 0 Å². The van der Waals surface area contributed by atoms with E-state index in [2.05, 4.69) is 36.8 Å². The first-order valence-corrected chi connectivity index (χ1v) is 8.31. The van der Waals surface area contributed by atoms with E-state index in [4.69, 9.17) is 9.84 Å². The van der Waals surface area contributed by atoms with E-state index in [0.717, 1.165) is 11.0 Å². The van der Waals surface area contributed by atoms with E-state index in [-0.39, 0.29) is 6.42 Å². The molecule has 1 heterocycles. The number of aryl methyl sites for hydroxylation is 1. The van der Waals surface area contributed by atoms with E-state index < -0.39 is 5.97 Å². The standard InChI is InChI=1S/C16H12Br2N2O3/c1-20-8-19-13-7-10(2-3-14(13)20)23-16-11(17)4-9(5-12(16)18)6-15(21)22/h2-5,7-8H,6H2,1H3,(H,21,22). The summed E-state index contributed by atoms with van der Waals surface area (Å²) in [6.07, 6.45) is 1.71. The van der Waals surface area contributed by atoms with Crippen LogP contribution < -0.4 is 4.74 Å². The fourth-order valence-corrected chi connectivity index (χ4v) is 3.73. The van der Waals surface area contributed by atoms with Crippen molar-refractivity contribution in [1.82, 2.24) is 9.55 Å². The second-order valence-corrected chi connectivity index (χ2v) is 6.78. The minimum absolute atomic E-state index is 0.0443. The third-order valence-corrected chi connectivity index (χ3v) is 4.51. The maximum atomic E-state index is 10.8. The largest absolute Gasteiger partial charge is 0.481 e. The molecule has 5 nitrogen and oxygen atoms in total. The van der Waals surface area contributed by atoms with Gasteiger partial charge in [0.1, 0.15) is 5.75 Å². The molecule has 3 aromatic rings. The normalized spacial score (nSPS) is 10.9. The van der Waals surface area contributed by atoms with Gasteiger partial charge in [0.2, 0.25) is 0 Å². The number of fused-ring (bicyclic) bond motifs is 1. The SMILES string of the molecule is Cn1cnc2cc(Oc3c(Br)cc(CC(=O)O)cc3Br)ccc21. The zero-order valence-electron chi connectivity index (χ0n) is 12.1. The van der Waals surface area contributed by atoms with Crippen molar-refractivity contribution >= 4 is 48.9 Å². The average molecular weight is 440 g/mol. The van der Waals surface area contributed by atoms with E-state index in [1.54, 1.807) is 18.5 Å². The summed E-state index contributed by atoms with van der Waals surface area (Å²) in [4.78, 5) is 15.1. The van der Waals surface area contributed by atoms with Crippen LogP contribution in [-0.4, -0.2) is 20.6 Å². The molecule has 0 bridgehead atoms. The lowest BCUT2D eigenvalue weighted by molar-refractivity contribution is -0.136. The molecule has 3 rings (SSSR count). The maximum absolute atomic E-state index is 10.8. The van der Waals surface area contributed by atoms with Crippen molar-refractivity contribution in [2.45, 2.75) is 6.42 Å². The predicted octanol–water partition coefficient (Wildman–Crippen LogP) is 4.52. The van der Waals surface area contributed by atoms with Gasteiger partial charge in [-0.15, -0.1) is 0 Å². The van der Waals surface area contributed by atoms with Crippen molar-refractivity contribution in [3.63, 3.8) is 0 Å². The van der Waals surface area contributed by atoms with E-state index in [1.807, 2.05) is 29.8 Å². The Morgan fingerprint density at radius 1 is 1.26 bits per heavy atom. The van der Waals surface area contributed by atoms with Crippen molar-refractivity contribution in [2.75, 3.05) is 0 Å². The number of ether oxygens (including phenoxy) is 1. The molecule has 0 fully saturated rings. The van der Waals surface area contributed by atoms with Gasteiger partial charge in [-0.05, 0) is 61.7 Å². The highest BCUT2D eigenvalue weighted by Gasteiger charge is 2.12. The Morgan fingerprint density at radius 3 is 2.61 bits per heavy atom. The van der Waals surface area contributed by atoms with Gasteiger partial charge in [0.25, 0.3) is 0 Å². The summed E-state index contributed by atoms with van der Waals surface area (Å²) in [5, 5.41) is 8.88. The first kappa shape index (κ1) is 16.0. The number of hydrogen-bond acceptors (Lipinski definition) is 3. The smallest absolute Gasteiger partial charge is 0.307 e. The number of aliphatic carboxylic acids is 1. The first-order chi connectivity index (χ1) is 10.9. The molecule has 0 saturated heterocycles. The minimum atomic E-state index is -0.877. The van der Waals surface area contributed by atoms with Crippen molar-refractivity contribution in [3.8, 4) is 11.5 Å². The molecule has 7 heteroatoms. The molecule has 0 saturated carbocycles. The highest BCUT2D eigenvalue weighted by Crippen LogP contribution is 2.38. The molecular formula is C16H12Br2N2O3. The zero-order chi connectivity index (χ0) is 16.6. The third-order valence-electron chi connectivity index (χ3n) is 3.33. The van der Waals surface area contributed by atoms with E-state index in [0.29, 0.717) is 26.0 Å². The van der Waals surface area contributed by atoms with Crippen LogP contribution in [0, 0.1) is 0 Å². The van der Waals surface area contributed by atoms with E-state index in [9.17, 15) is 4.79 Å². The Morgan fingerprint density at radius 2 is 1.96 bits per heavy atom. The summed E-state index contributed by atoms with van der Waals surface area (Å²) in [5.41, 5.74) is 2.55. The molecule has 1 N–H and O–H groups in total. The second kappa shape index (κ2) is 6.33. The Kier molecular flexibility index (Phi) is 4.41. The van der Waals surface area contributed by atoms with Crippen molar-refractivity contribution < 1.29 is 14.6 Å². The summed E-state index contributed by atoms with van der Waals surface area (Å²) < 4.78 is 9.23. The number of benzene rings is 2. The topological polar surface area (TPSA) is 64.4 Å². The molecule has 0 spiro atoms. The molecular weight excluding hydrogens is 428 g/mol. The molecule has 0 aliphatic carbocycles. The van der Waals surface area contributed by atoms with Gasteiger partial charge < -0.3 is 14.4 Å². The molecule has 0 aliphatic rings. The summed E-state index contributed by atoms with van der Waals surface area (Å²) in [7, 11) is 1.93. The third kappa shape index (κ3) is 3.40. The number of carbonyl (C=O) groups is 1. The van der Waals surface area contributed by atoms with Gasteiger partial charge in [0.15, 0.2) is 5.75 Å². The van der Waals surface area contributed by atoms with Crippen LogP contribution in [0.25, 0.3) is 11.0 Å². The van der Waals surface area contributed by atoms with Crippen molar-refractivity contribution in [3.05, 3.63) is 51.2 Å². The van der Waals surface area contributed by atoms with Crippen LogP contribution in [-0.2, 0) is 18.3 Å². The monoisotopic (exact) mass is 438 g/mol. The average Bonchev–Trinajstić information content (AvgIpc) is 2.83. The van der Waals surface area contributed by atoms with Crippen LogP contribution in [0.4, 0.5) is 0 Å². The van der Waals surface area contributed by atoms with Gasteiger partial charge in [-0.25, -0.2) is 4.98 Å². The lowest BCUT2D eigenvalue weighted by atomic mass is 10.1. The number of imidazole rings is 1. The summed E-state index contributed by atoms with van der Waals surface area (Å²) in [5.74, 6) is 0.371. The van der Waals surface area contributed by atoms with Gasteiger partial charge in [0, 0.05) is 13.1 Å². The molecule has 0 aliphatic heterocycles. The van der Waals surface area contributed by atoms with E-state index in [1.165, 1.54) is 0 Å². The molecule has 2 aromatic carbocycles. The molecule has 23 heavy (non-hydrogen) atoms. The van der Waals surface area contributed by atoms with Crippen molar-refractivity contribution in [1.29, 1.82) is 0 Å². The van der Waals surface area contributed by atoms with Crippen LogP contribution in [0.5, 0.6) is 11.5 Å². The van der Waals surface area contributed by atoms with Gasteiger partial charge in [-0.1, -0.05) is 0 Å². The van der Waals surface area contributed by atoms with Crippen molar-refractivity contribution in [2.24, 2.45) is 7.05 Å². The van der Waals surface area contributed by atoms with Crippen LogP contribution in [0.2, 0.25) is 0 Å². The number of halogens is 2. The lowest BCUT2D eigenvalue weighted by Crippen LogP contribution is -2.00. The number of carboxylic acids is 1. The fourth-order valence-electron chi connectivity index (χ4n) is 2.28. The highest BCUT2D eigenvalue weighted by molar-refractivity contribution is 9.11. The Bertz CT molecular complexity index is 882. The summed E-state index contributed by atoms with van der Waals surface area (Å²) in [6.45, 7) is 0. The fraction of sp³-hybridized carbons (Fsp3) is 0.125. The first-order valence-electron chi connectivity index (χ1n) is 6.72. The molecule has 0 atom stereocenters. The summed E-state index contributed by atoms with van der Waals surface area (Å²) in [6, 6.07) is 9.16. The molecule has 0 amide bonds. The maximum Gasteiger partial charge on any atom is 0.307 e. The summed E-state index contributed by atoms with van der Waals surface area (Å²) >= 11 is 6.86. The van der Waals surface area contributed by atoms with E-state index >= 15 is 0 Å². The Hall–Kier alpha value is -1.86. The highest BCUT2D eigenvalue weighted by atomic mass is 79.9. The predicted molar refractivity (Wildman–Crippen MR) is 94.0 cm³/mol. The number of rotatable bonds is 4. The van der Waals surface area contributed by atoms with Crippen LogP contribution in [0.15, 0.2) is 45.6 Å². The molecule has 0 unspecified atom stereocenters. The molecule has 0 radical (unpaired) electrons. The van der Waals surface area contributed by atoms with Gasteiger partial charge >= 0.3 is 5.97 Å². The Labute approximate surface area is 149 Å². The van der Waals surface area contributed by atoms with Crippen LogP contribution in [0.1, 0.15) is 5.56 Å². The molecule has 118 valence electrons. The number of hydrogen-bond donors (Lipinski definition) is 1. The zero-order valence-corrected chi connectivity index (χ0v) is 15.3. The van der Waals surface area contributed by atoms with Gasteiger partial charge in [-0.3, -0.25) is 4.79 Å². The number of carboxylic acid groups (broad SMARTS) is 1. The molecule has 1 aromatic heterocycles. The Balaban J connectivity index is 1.93. The van der Waals surface area contributed by atoms with Gasteiger partial charge in [0.05, 0.1) is 32.7 Å². The minimum Gasteiger partial charge on any atom is -0.481 e. The quantitative estimate of drug-likeness (QED) is 0.649.